The molecule has 0 saturated carbocycles. The van der Waals surface area contributed by atoms with Crippen LogP contribution in [0.4, 0.5) is 5.69 Å². The van der Waals surface area contributed by atoms with E-state index in [1.165, 1.54) is 0 Å². The molecule has 7 heteroatoms. The van der Waals surface area contributed by atoms with Crippen molar-refractivity contribution >= 4 is 33.2 Å². The molecule has 3 rings (SSSR count). The van der Waals surface area contributed by atoms with Crippen LogP contribution < -0.4 is 9.62 Å². The van der Waals surface area contributed by atoms with E-state index in [4.69, 9.17) is 11.6 Å². The quantitative estimate of drug-likeness (QED) is 0.478. The highest BCUT2D eigenvalue weighted by Crippen LogP contribution is 2.26. The van der Waals surface area contributed by atoms with E-state index in [2.05, 4.69) is 5.32 Å². The molecule has 0 aromatic heterocycles. The van der Waals surface area contributed by atoms with Gasteiger partial charge in [0.15, 0.2) is 0 Å². The van der Waals surface area contributed by atoms with E-state index in [1.807, 2.05) is 45.0 Å². The Morgan fingerprint density at radius 2 is 1.44 bits per heavy atom. The number of carbonyl (C=O) groups is 1. The number of carbonyl (C=O) groups excluding carboxylic acids is 1. The molecule has 0 heterocycles. The van der Waals surface area contributed by atoms with Crippen LogP contribution >= 0.6 is 11.6 Å². The number of nitrogens with one attached hydrogen (secondary N) is 1. The summed E-state index contributed by atoms with van der Waals surface area (Å²) in [5.41, 5.74) is 3.43. The predicted octanol–water partition coefficient (Wildman–Crippen LogP) is 5.42. The minimum Gasteiger partial charge on any atom is -0.348 e. The molecular weight excluding hydrogens is 444 g/mol. The van der Waals surface area contributed by atoms with E-state index in [1.54, 1.807) is 48.5 Å². The van der Waals surface area contributed by atoms with Crippen LogP contribution in [-0.4, -0.2) is 20.9 Å². The second kappa shape index (κ2) is 10.2. The highest BCUT2D eigenvalue weighted by atomic mass is 35.5. The molecule has 1 N–H and O–H groups in total. The molecule has 0 saturated heterocycles. The monoisotopic (exact) mass is 470 g/mol. The number of halogens is 1. The van der Waals surface area contributed by atoms with Gasteiger partial charge in [-0.25, -0.2) is 8.42 Å². The number of hydrogen-bond donors (Lipinski definition) is 1. The molecule has 0 aliphatic carbocycles. The lowest BCUT2D eigenvalue weighted by Gasteiger charge is -2.26. The van der Waals surface area contributed by atoms with Crippen molar-refractivity contribution < 1.29 is 13.2 Å². The van der Waals surface area contributed by atoms with Gasteiger partial charge in [-0.2, -0.15) is 0 Å². The number of amides is 1. The van der Waals surface area contributed by atoms with Crippen LogP contribution in [-0.2, 0) is 14.8 Å². The van der Waals surface area contributed by atoms with Crippen LogP contribution in [0.15, 0.2) is 77.7 Å². The summed E-state index contributed by atoms with van der Waals surface area (Å²) < 4.78 is 28.0. The zero-order chi connectivity index (χ0) is 23.3. The number of anilines is 1. The van der Waals surface area contributed by atoms with Crippen LogP contribution in [0.25, 0.3) is 0 Å². The second-order valence-corrected chi connectivity index (χ2v) is 10.0. The van der Waals surface area contributed by atoms with E-state index < -0.39 is 10.0 Å². The molecule has 0 aliphatic rings. The Balaban J connectivity index is 1.89. The number of rotatable bonds is 8. The predicted molar refractivity (Wildman–Crippen MR) is 130 cm³/mol. The first-order valence-corrected chi connectivity index (χ1v) is 12.2. The van der Waals surface area contributed by atoms with Crippen molar-refractivity contribution in [2.75, 3.05) is 10.8 Å². The van der Waals surface area contributed by atoms with Crippen LogP contribution in [0.3, 0.4) is 0 Å². The average molecular weight is 471 g/mol. The fourth-order valence-corrected chi connectivity index (χ4v) is 4.90. The summed E-state index contributed by atoms with van der Waals surface area (Å²) >= 11 is 5.99. The topological polar surface area (TPSA) is 66.5 Å². The largest absolute Gasteiger partial charge is 0.348 e. The van der Waals surface area contributed by atoms with Crippen molar-refractivity contribution in [1.82, 2.24) is 5.32 Å². The lowest BCUT2D eigenvalue weighted by Crippen LogP contribution is -2.42. The minimum atomic E-state index is -3.96. The normalized spacial score (nSPS) is 12.2. The van der Waals surface area contributed by atoms with Gasteiger partial charge in [0.05, 0.1) is 16.6 Å². The molecule has 0 fully saturated rings. The van der Waals surface area contributed by atoms with Crippen molar-refractivity contribution in [1.29, 1.82) is 0 Å². The first-order chi connectivity index (χ1) is 15.2. The molecule has 3 aromatic carbocycles. The molecule has 168 valence electrons. The molecule has 0 spiro atoms. The van der Waals surface area contributed by atoms with Gasteiger partial charge in [0.1, 0.15) is 6.54 Å². The first-order valence-electron chi connectivity index (χ1n) is 10.4. The van der Waals surface area contributed by atoms with Gasteiger partial charge in [-0.05, 0) is 62.2 Å². The van der Waals surface area contributed by atoms with Gasteiger partial charge in [0, 0.05) is 5.02 Å². The lowest BCUT2D eigenvalue weighted by molar-refractivity contribution is -0.120. The van der Waals surface area contributed by atoms with Gasteiger partial charge in [-0.15, -0.1) is 0 Å². The smallest absolute Gasteiger partial charge is 0.264 e. The van der Waals surface area contributed by atoms with Gasteiger partial charge < -0.3 is 5.32 Å². The summed E-state index contributed by atoms with van der Waals surface area (Å²) in [7, 11) is -3.96. The second-order valence-electron chi connectivity index (χ2n) is 7.74. The number of sulfonamides is 1. The van der Waals surface area contributed by atoms with Crippen molar-refractivity contribution in [3.8, 4) is 0 Å². The van der Waals surface area contributed by atoms with E-state index in [9.17, 15) is 13.2 Å². The van der Waals surface area contributed by atoms with Crippen LogP contribution in [0.1, 0.15) is 36.1 Å². The Bertz CT molecular complexity index is 1160. The lowest BCUT2D eigenvalue weighted by atomic mass is 10.0. The van der Waals surface area contributed by atoms with Gasteiger partial charge in [-0.3, -0.25) is 9.10 Å². The van der Waals surface area contributed by atoms with Gasteiger partial charge in [0.25, 0.3) is 10.0 Å². The van der Waals surface area contributed by atoms with E-state index in [0.29, 0.717) is 17.1 Å². The number of aryl methyl sites for hydroxylation is 2. The highest BCUT2D eigenvalue weighted by Gasteiger charge is 2.28. The van der Waals surface area contributed by atoms with Crippen LogP contribution in [0.2, 0.25) is 5.02 Å². The number of nitrogens with zero attached hydrogens (tertiary/aromatic N) is 1. The zero-order valence-corrected chi connectivity index (χ0v) is 20.0. The summed E-state index contributed by atoms with van der Waals surface area (Å²) in [5, 5.41) is 3.46. The third-order valence-corrected chi connectivity index (χ3v) is 7.27. The molecule has 0 aliphatic heterocycles. The Hall–Kier alpha value is -2.83. The Kier molecular flexibility index (Phi) is 7.59. The third-order valence-electron chi connectivity index (χ3n) is 5.23. The Labute approximate surface area is 195 Å². The number of hydrogen-bond acceptors (Lipinski definition) is 3. The summed E-state index contributed by atoms with van der Waals surface area (Å²) in [6.07, 6.45) is 0.681. The van der Waals surface area contributed by atoms with E-state index in [-0.39, 0.29) is 23.4 Å². The summed E-state index contributed by atoms with van der Waals surface area (Å²) in [5.74, 6) is -0.386. The van der Waals surface area contributed by atoms with Gasteiger partial charge in [-0.1, -0.05) is 66.0 Å². The highest BCUT2D eigenvalue weighted by molar-refractivity contribution is 7.92. The Morgan fingerprint density at radius 1 is 0.906 bits per heavy atom. The SMILES string of the molecule is CC[C@H](NC(=O)CN(c1ccc(Cl)cc1)S(=O)(=O)c1ccc(C)cc1)c1ccc(C)cc1. The molecule has 1 amide bonds. The molecule has 0 unspecified atom stereocenters. The van der Waals surface area contributed by atoms with Crippen LogP contribution in [0, 0.1) is 13.8 Å². The summed E-state index contributed by atoms with van der Waals surface area (Å²) in [4.78, 5) is 13.1. The van der Waals surface area contributed by atoms with Crippen LogP contribution in [0.5, 0.6) is 0 Å². The maximum absolute atomic E-state index is 13.4. The van der Waals surface area contributed by atoms with Crippen molar-refractivity contribution in [2.45, 2.75) is 38.1 Å². The molecule has 0 bridgehead atoms. The fraction of sp³-hybridized carbons (Fsp3) is 0.240. The first kappa shape index (κ1) is 23.8. The van der Waals surface area contributed by atoms with E-state index in [0.717, 1.165) is 21.0 Å². The molecular formula is C25H27ClN2O3S. The average Bonchev–Trinajstić information content (AvgIpc) is 2.77. The number of benzene rings is 3. The minimum absolute atomic E-state index is 0.122. The van der Waals surface area contributed by atoms with Crippen molar-refractivity contribution in [3.63, 3.8) is 0 Å². The van der Waals surface area contributed by atoms with Gasteiger partial charge >= 0.3 is 0 Å². The van der Waals surface area contributed by atoms with Gasteiger partial charge in [0.2, 0.25) is 5.91 Å². The van der Waals surface area contributed by atoms with E-state index >= 15 is 0 Å². The molecule has 1 atom stereocenters. The maximum atomic E-state index is 13.4. The fourth-order valence-electron chi connectivity index (χ4n) is 3.35. The Morgan fingerprint density at radius 3 is 1.97 bits per heavy atom. The molecule has 5 nitrogen and oxygen atoms in total. The molecule has 3 aromatic rings. The van der Waals surface area contributed by atoms with Crippen molar-refractivity contribution in [3.05, 3.63) is 94.5 Å². The zero-order valence-electron chi connectivity index (χ0n) is 18.4. The van der Waals surface area contributed by atoms with Crippen molar-refractivity contribution in [2.24, 2.45) is 0 Å². The summed E-state index contributed by atoms with van der Waals surface area (Å²) in [6.45, 7) is 5.52. The molecule has 0 radical (unpaired) electrons. The maximum Gasteiger partial charge on any atom is 0.264 e. The summed E-state index contributed by atoms with van der Waals surface area (Å²) in [6, 6.07) is 20.7. The third kappa shape index (κ3) is 5.69. The molecule has 32 heavy (non-hydrogen) atoms. The standard InChI is InChI=1S/C25H27ClN2O3S/c1-4-24(20-9-5-18(2)6-10-20)27-25(29)17-28(22-13-11-21(26)12-14-22)32(30,31)23-15-7-19(3)8-16-23/h5-16,24H,4,17H2,1-3H3,(H,27,29)/t24-/m0/s1.